The molecule has 3 rings (SSSR count). The summed E-state index contributed by atoms with van der Waals surface area (Å²) in [6, 6.07) is 2.38. The number of nitrogens with one attached hydrogen (secondary N) is 1. The predicted molar refractivity (Wildman–Crippen MR) is 82.8 cm³/mol. The average Bonchev–Trinajstić information content (AvgIpc) is 3.31. The third-order valence-corrected chi connectivity index (χ3v) is 5.48. The van der Waals surface area contributed by atoms with Crippen molar-refractivity contribution in [3.05, 3.63) is 0 Å². The molecule has 3 fully saturated rings. The van der Waals surface area contributed by atoms with Crippen LogP contribution in [0.1, 0.15) is 64.2 Å². The number of aliphatic hydroxyl groups is 1. The lowest BCUT2D eigenvalue weighted by Crippen LogP contribution is -2.52. The van der Waals surface area contributed by atoms with Gasteiger partial charge in [-0.05, 0) is 50.9 Å². The highest BCUT2D eigenvalue weighted by Gasteiger charge is 2.36. The Morgan fingerprint density at radius 3 is 2.45 bits per heavy atom. The van der Waals surface area contributed by atoms with E-state index in [-0.39, 0.29) is 0 Å². The largest absolute Gasteiger partial charge is 0.396 e. The second-order valence-electron chi connectivity index (χ2n) is 7.35. The van der Waals surface area contributed by atoms with Crippen molar-refractivity contribution >= 4 is 0 Å². The highest BCUT2D eigenvalue weighted by molar-refractivity contribution is 4.93. The second-order valence-corrected chi connectivity index (χ2v) is 7.35. The zero-order valence-corrected chi connectivity index (χ0v) is 12.9. The number of aliphatic hydroxyl groups excluding tert-OH is 1. The Morgan fingerprint density at radius 2 is 1.75 bits per heavy atom. The fraction of sp³-hybridized carbons (Fsp3) is 1.00. The van der Waals surface area contributed by atoms with E-state index < -0.39 is 0 Å². The molecule has 0 bridgehead atoms. The van der Waals surface area contributed by atoms with Gasteiger partial charge in [-0.3, -0.25) is 4.90 Å². The van der Waals surface area contributed by atoms with E-state index >= 15 is 0 Å². The Morgan fingerprint density at radius 1 is 0.950 bits per heavy atom. The van der Waals surface area contributed by atoms with E-state index in [1.807, 2.05) is 0 Å². The fourth-order valence-corrected chi connectivity index (χ4v) is 4.29. The van der Waals surface area contributed by atoms with Gasteiger partial charge >= 0.3 is 0 Å². The van der Waals surface area contributed by atoms with E-state index in [1.165, 1.54) is 70.9 Å². The van der Waals surface area contributed by atoms with Crippen LogP contribution in [0.25, 0.3) is 0 Å². The van der Waals surface area contributed by atoms with Crippen LogP contribution in [-0.2, 0) is 0 Å². The molecule has 1 heterocycles. The number of hydrogen-bond acceptors (Lipinski definition) is 3. The molecule has 0 radical (unpaired) electrons. The van der Waals surface area contributed by atoms with Crippen LogP contribution >= 0.6 is 0 Å². The lowest BCUT2D eigenvalue weighted by Gasteiger charge is -2.40. The van der Waals surface area contributed by atoms with Crippen LogP contribution in [0.2, 0.25) is 0 Å². The quantitative estimate of drug-likeness (QED) is 0.785. The molecule has 1 aliphatic heterocycles. The number of piperidine rings is 1. The molecule has 0 aromatic rings. The zero-order valence-electron chi connectivity index (χ0n) is 12.9. The van der Waals surface area contributed by atoms with Crippen LogP contribution in [0.3, 0.4) is 0 Å². The maximum atomic E-state index is 9.08. The van der Waals surface area contributed by atoms with Crippen LogP contribution in [-0.4, -0.2) is 47.8 Å². The van der Waals surface area contributed by atoms with Gasteiger partial charge in [0.05, 0.1) is 0 Å². The molecular weight excluding hydrogens is 248 g/mol. The summed E-state index contributed by atoms with van der Waals surface area (Å²) in [6.07, 6.45) is 13.4. The monoisotopic (exact) mass is 280 g/mol. The van der Waals surface area contributed by atoms with Gasteiger partial charge in [0.2, 0.25) is 0 Å². The molecule has 0 amide bonds. The summed E-state index contributed by atoms with van der Waals surface area (Å²) in [6.45, 7) is 2.92. The summed E-state index contributed by atoms with van der Waals surface area (Å²) in [5.41, 5.74) is 0. The van der Waals surface area contributed by atoms with Crippen molar-refractivity contribution < 1.29 is 5.11 Å². The Hall–Kier alpha value is -0.120. The molecule has 2 N–H and O–H groups in total. The molecule has 1 saturated heterocycles. The lowest BCUT2D eigenvalue weighted by atomic mass is 9.88. The first-order valence-corrected chi connectivity index (χ1v) is 8.96. The molecule has 3 nitrogen and oxygen atoms in total. The van der Waals surface area contributed by atoms with Crippen molar-refractivity contribution in [3.63, 3.8) is 0 Å². The predicted octanol–water partition coefficient (Wildman–Crippen LogP) is 2.53. The lowest BCUT2D eigenvalue weighted by molar-refractivity contribution is 0.114. The van der Waals surface area contributed by atoms with Crippen molar-refractivity contribution in [3.8, 4) is 0 Å². The van der Waals surface area contributed by atoms with Crippen LogP contribution in [0, 0.1) is 5.92 Å². The standard InChI is InChI=1S/C17H32N2O/c20-10-4-5-14-11-16(13-19(12-14)17-8-9-17)18-15-6-2-1-3-7-15/h14-18,20H,1-13H2. The minimum Gasteiger partial charge on any atom is -0.396 e. The number of likely N-dealkylation sites (tertiary alicyclic amines) is 1. The van der Waals surface area contributed by atoms with E-state index in [0.717, 1.165) is 24.4 Å². The Balaban J connectivity index is 1.51. The molecule has 116 valence electrons. The molecule has 0 aromatic heterocycles. The molecule has 2 aliphatic carbocycles. The summed E-state index contributed by atoms with van der Waals surface area (Å²) in [4.78, 5) is 2.74. The van der Waals surface area contributed by atoms with Gasteiger partial charge in [-0.25, -0.2) is 0 Å². The van der Waals surface area contributed by atoms with Crippen molar-refractivity contribution in [1.82, 2.24) is 10.2 Å². The van der Waals surface area contributed by atoms with Crippen LogP contribution in [0.15, 0.2) is 0 Å². The minimum atomic E-state index is 0.362. The average molecular weight is 280 g/mol. The van der Waals surface area contributed by atoms with E-state index in [1.54, 1.807) is 0 Å². The molecule has 0 spiro atoms. The molecular formula is C17H32N2O. The van der Waals surface area contributed by atoms with Gasteiger partial charge in [-0.1, -0.05) is 19.3 Å². The third-order valence-electron chi connectivity index (χ3n) is 5.48. The third kappa shape index (κ3) is 4.19. The normalized spacial score (nSPS) is 33.5. The van der Waals surface area contributed by atoms with Gasteiger partial charge in [-0.15, -0.1) is 0 Å². The zero-order chi connectivity index (χ0) is 13.8. The molecule has 2 atom stereocenters. The first-order chi connectivity index (χ1) is 9.85. The molecule has 0 aromatic carbocycles. The van der Waals surface area contributed by atoms with Crippen LogP contribution < -0.4 is 5.32 Å². The molecule has 2 unspecified atom stereocenters. The smallest absolute Gasteiger partial charge is 0.0431 e. The fourth-order valence-electron chi connectivity index (χ4n) is 4.29. The Labute approximate surface area is 124 Å². The van der Waals surface area contributed by atoms with E-state index in [2.05, 4.69) is 10.2 Å². The van der Waals surface area contributed by atoms with Crippen LogP contribution in [0.4, 0.5) is 0 Å². The van der Waals surface area contributed by atoms with Gasteiger partial charge in [0.1, 0.15) is 0 Å². The van der Waals surface area contributed by atoms with Gasteiger partial charge in [-0.2, -0.15) is 0 Å². The summed E-state index contributed by atoms with van der Waals surface area (Å²) in [7, 11) is 0. The van der Waals surface area contributed by atoms with E-state index in [9.17, 15) is 0 Å². The van der Waals surface area contributed by atoms with Crippen molar-refractivity contribution in [2.75, 3.05) is 19.7 Å². The highest BCUT2D eigenvalue weighted by Crippen LogP contribution is 2.33. The van der Waals surface area contributed by atoms with Crippen molar-refractivity contribution in [2.24, 2.45) is 5.92 Å². The second kappa shape index (κ2) is 7.24. The SMILES string of the molecule is OCCCC1CC(NC2CCCCC2)CN(C2CC2)C1. The highest BCUT2D eigenvalue weighted by atomic mass is 16.2. The van der Waals surface area contributed by atoms with Gasteiger partial charge in [0, 0.05) is 37.8 Å². The van der Waals surface area contributed by atoms with E-state index in [4.69, 9.17) is 5.11 Å². The maximum Gasteiger partial charge on any atom is 0.0431 e. The molecule has 3 heteroatoms. The summed E-state index contributed by atoms with van der Waals surface area (Å²) in [5.74, 6) is 0.803. The molecule has 3 aliphatic rings. The minimum absolute atomic E-state index is 0.362. The molecule has 2 saturated carbocycles. The first-order valence-electron chi connectivity index (χ1n) is 8.96. The summed E-state index contributed by atoms with van der Waals surface area (Å²) >= 11 is 0. The Bertz CT molecular complexity index is 287. The molecule has 20 heavy (non-hydrogen) atoms. The number of nitrogens with zero attached hydrogens (tertiary/aromatic N) is 1. The number of rotatable bonds is 6. The summed E-state index contributed by atoms with van der Waals surface area (Å²) in [5, 5.41) is 13.1. The van der Waals surface area contributed by atoms with Gasteiger partial charge in [0.25, 0.3) is 0 Å². The van der Waals surface area contributed by atoms with Crippen molar-refractivity contribution in [1.29, 1.82) is 0 Å². The van der Waals surface area contributed by atoms with E-state index in [0.29, 0.717) is 12.6 Å². The van der Waals surface area contributed by atoms with Crippen molar-refractivity contribution in [2.45, 2.75) is 82.3 Å². The first kappa shape index (κ1) is 14.8. The van der Waals surface area contributed by atoms with Gasteiger partial charge < -0.3 is 10.4 Å². The number of hydrogen-bond donors (Lipinski definition) is 2. The van der Waals surface area contributed by atoms with Gasteiger partial charge in [0.15, 0.2) is 0 Å². The van der Waals surface area contributed by atoms with Crippen LogP contribution in [0.5, 0.6) is 0 Å². The maximum absolute atomic E-state index is 9.08. The topological polar surface area (TPSA) is 35.5 Å². The summed E-state index contributed by atoms with van der Waals surface area (Å²) < 4.78 is 0. The Kier molecular flexibility index (Phi) is 5.36.